The van der Waals surface area contributed by atoms with Crippen molar-refractivity contribution >= 4 is 11.7 Å². The van der Waals surface area contributed by atoms with E-state index >= 15 is 0 Å². The molecule has 0 spiro atoms. The van der Waals surface area contributed by atoms with Crippen LogP contribution in [0.2, 0.25) is 0 Å². The highest BCUT2D eigenvalue weighted by atomic mass is 16.3. The van der Waals surface area contributed by atoms with Gasteiger partial charge in [0.15, 0.2) is 5.78 Å². The molecule has 2 rings (SSSR count). The van der Waals surface area contributed by atoms with Crippen LogP contribution in [0.15, 0.2) is 41.7 Å². The van der Waals surface area contributed by atoms with Gasteiger partial charge in [0.1, 0.15) is 11.3 Å². The summed E-state index contributed by atoms with van der Waals surface area (Å²) in [6.07, 6.45) is 0.481. The van der Waals surface area contributed by atoms with Crippen LogP contribution < -0.4 is 5.32 Å². The van der Waals surface area contributed by atoms with Crippen LogP contribution >= 0.6 is 0 Å². The van der Waals surface area contributed by atoms with E-state index < -0.39 is 17.7 Å². The number of aliphatic hydroxyl groups excluding tert-OH is 1. The molecule has 4 heteroatoms. The highest BCUT2D eigenvalue weighted by Gasteiger charge is 2.33. The molecule has 17 heavy (non-hydrogen) atoms. The maximum Gasteiger partial charge on any atom is 0.259 e. The quantitative estimate of drug-likeness (QED) is 0.766. The molecule has 4 nitrogen and oxygen atoms in total. The molecule has 88 valence electrons. The van der Waals surface area contributed by atoms with E-state index in [9.17, 15) is 14.7 Å². The van der Waals surface area contributed by atoms with Crippen LogP contribution in [0.3, 0.4) is 0 Å². The smallest absolute Gasteiger partial charge is 0.259 e. The molecule has 1 heterocycles. The lowest BCUT2D eigenvalue weighted by Crippen LogP contribution is -2.31. The minimum absolute atomic E-state index is 0.120. The predicted molar refractivity (Wildman–Crippen MR) is 62.4 cm³/mol. The van der Waals surface area contributed by atoms with Gasteiger partial charge in [0, 0.05) is 0 Å². The van der Waals surface area contributed by atoms with Crippen molar-refractivity contribution in [2.75, 3.05) is 0 Å². The Morgan fingerprint density at radius 3 is 2.53 bits per heavy atom. The number of Topliss-reactive ketones (excluding diaryl/α,β-unsaturated/α-hetero) is 1. The molecule has 0 radical (unpaired) electrons. The van der Waals surface area contributed by atoms with Gasteiger partial charge < -0.3 is 10.4 Å². The average Bonchev–Trinajstić information content (AvgIpc) is 2.55. The van der Waals surface area contributed by atoms with Gasteiger partial charge in [0.25, 0.3) is 5.91 Å². The lowest BCUT2D eigenvalue weighted by Gasteiger charge is -2.10. The van der Waals surface area contributed by atoms with Crippen LogP contribution in [0.4, 0.5) is 0 Å². The number of carbonyl (C=O) groups is 2. The second kappa shape index (κ2) is 4.41. The number of aliphatic hydroxyl groups is 1. The van der Waals surface area contributed by atoms with Crippen LogP contribution in [0.25, 0.3) is 0 Å². The first kappa shape index (κ1) is 11.4. The SMILES string of the molecule is CC(=O)C1=C(O)[C@H](Cc2ccccc2)NC1=O. The predicted octanol–water partition coefficient (Wildman–Crippen LogP) is 1.13. The molecular weight excluding hydrogens is 218 g/mol. The number of hydrogen-bond donors (Lipinski definition) is 2. The van der Waals surface area contributed by atoms with Crippen molar-refractivity contribution < 1.29 is 14.7 Å². The van der Waals surface area contributed by atoms with E-state index in [1.54, 1.807) is 0 Å². The molecule has 2 N–H and O–H groups in total. The van der Waals surface area contributed by atoms with E-state index in [2.05, 4.69) is 5.32 Å². The maximum atomic E-state index is 11.5. The summed E-state index contributed by atoms with van der Waals surface area (Å²) < 4.78 is 0. The van der Waals surface area contributed by atoms with Crippen LogP contribution in [0, 0.1) is 0 Å². The number of benzene rings is 1. The second-order valence-corrected chi connectivity index (χ2v) is 4.03. The van der Waals surface area contributed by atoms with Crippen molar-refractivity contribution in [1.29, 1.82) is 0 Å². The topological polar surface area (TPSA) is 66.4 Å². The van der Waals surface area contributed by atoms with Gasteiger partial charge in [0.05, 0.1) is 6.04 Å². The van der Waals surface area contributed by atoms with Crippen molar-refractivity contribution in [3.63, 3.8) is 0 Å². The molecule has 1 amide bonds. The summed E-state index contributed by atoms with van der Waals surface area (Å²) in [5, 5.41) is 12.4. The van der Waals surface area contributed by atoms with Crippen molar-refractivity contribution in [1.82, 2.24) is 5.32 Å². The summed E-state index contributed by atoms with van der Waals surface area (Å²) in [6.45, 7) is 1.27. The zero-order valence-electron chi connectivity index (χ0n) is 9.43. The molecule has 1 aliphatic rings. The molecule has 0 unspecified atom stereocenters. The Hall–Kier alpha value is -2.10. The summed E-state index contributed by atoms with van der Waals surface area (Å²) in [5.41, 5.74) is 0.875. The first-order valence-electron chi connectivity index (χ1n) is 5.38. The van der Waals surface area contributed by atoms with E-state index in [1.807, 2.05) is 30.3 Å². The number of nitrogens with one attached hydrogen (secondary N) is 1. The number of carbonyl (C=O) groups excluding carboxylic acids is 2. The highest BCUT2D eigenvalue weighted by Crippen LogP contribution is 2.19. The van der Waals surface area contributed by atoms with Crippen molar-refractivity contribution in [3.05, 3.63) is 47.2 Å². The third-order valence-electron chi connectivity index (χ3n) is 2.75. The van der Waals surface area contributed by atoms with E-state index in [0.717, 1.165) is 5.56 Å². The van der Waals surface area contributed by atoms with Gasteiger partial charge in [-0.05, 0) is 18.9 Å². The van der Waals surface area contributed by atoms with Crippen LogP contribution in [0.5, 0.6) is 0 Å². The van der Waals surface area contributed by atoms with Crippen LogP contribution in [0.1, 0.15) is 12.5 Å². The van der Waals surface area contributed by atoms with Gasteiger partial charge >= 0.3 is 0 Å². The molecule has 0 bridgehead atoms. The van der Waals surface area contributed by atoms with E-state index in [-0.39, 0.29) is 11.3 Å². The molecule has 0 saturated heterocycles. The fraction of sp³-hybridized carbons (Fsp3) is 0.231. The largest absolute Gasteiger partial charge is 0.509 e. The molecule has 0 aliphatic carbocycles. The Balaban J connectivity index is 2.20. The van der Waals surface area contributed by atoms with Gasteiger partial charge in [-0.1, -0.05) is 30.3 Å². The Bertz CT molecular complexity index is 491. The highest BCUT2D eigenvalue weighted by molar-refractivity contribution is 6.20. The number of amides is 1. The van der Waals surface area contributed by atoms with E-state index in [0.29, 0.717) is 6.42 Å². The van der Waals surface area contributed by atoms with Gasteiger partial charge in [-0.15, -0.1) is 0 Å². The minimum Gasteiger partial charge on any atom is -0.509 e. The lowest BCUT2D eigenvalue weighted by molar-refractivity contribution is -0.121. The first-order chi connectivity index (χ1) is 8.09. The fourth-order valence-corrected chi connectivity index (χ4v) is 1.93. The van der Waals surface area contributed by atoms with E-state index in [4.69, 9.17) is 0 Å². The van der Waals surface area contributed by atoms with Gasteiger partial charge in [0.2, 0.25) is 0 Å². The van der Waals surface area contributed by atoms with Gasteiger partial charge in [-0.2, -0.15) is 0 Å². The number of rotatable bonds is 3. The molecular formula is C13H13NO3. The standard InChI is InChI=1S/C13H13NO3/c1-8(15)11-12(16)10(14-13(11)17)7-9-5-3-2-4-6-9/h2-6,10,16H,7H2,1H3,(H,14,17)/t10-/m0/s1. The Labute approximate surface area is 99.0 Å². The third kappa shape index (κ3) is 2.20. The zero-order valence-corrected chi connectivity index (χ0v) is 9.43. The Kier molecular flexibility index (Phi) is 2.95. The molecule has 0 aromatic heterocycles. The zero-order chi connectivity index (χ0) is 12.4. The monoisotopic (exact) mass is 231 g/mol. The van der Waals surface area contributed by atoms with Crippen molar-refractivity contribution in [2.45, 2.75) is 19.4 Å². The third-order valence-corrected chi connectivity index (χ3v) is 2.75. The second-order valence-electron chi connectivity index (χ2n) is 4.03. The molecule has 0 fully saturated rings. The number of ketones is 1. The summed E-state index contributed by atoms with van der Waals surface area (Å²) in [6, 6.07) is 8.99. The summed E-state index contributed by atoms with van der Waals surface area (Å²) >= 11 is 0. The van der Waals surface area contributed by atoms with E-state index in [1.165, 1.54) is 6.92 Å². The Morgan fingerprint density at radius 1 is 1.35 bits per heavy atom. The summed E-state index contributed by atoms with van der Waals surface area (Å²) in [4.78, 5) is 22.7. The van der Waals surface area contributed by atoms with Crippen LogP contribution in [-0.2, 0) is 16.0 Å². The number of hydrogen-bond acceptors (Lipinski definition) is 3. The molecule has 1 atom stereocenters. The molecule has 1 aromatic rings. The van der Waals surface area contributed by atoms with Crippen molar-refractivity contribution in [2.24, 2.45) is 0 Å². The van der Waals surface area contributed by atoms with Crippen molar-refractivity contribution in [3.8, 4) is 0 Å². The summed E-state index contributed by atoms with van der Waals surface area (Å²) in [7, 11) is 0. The molecule has 1 aliphatic heterocycles. The van der Waals surface area contributed by atoms with Crippen LogP contribution in [-0.4, -0.2) is 22.8 Å². The Morgan fingerprint density at radius 2 is 2.00 bits per heavy atom. The van der Waals surface area contributed by atoms with Gasteiger partial charge in [-0.3, -0.25) is 9.59 Å². The minimum atomic E-state index is -0.496. The normalized spacial score (nSPS) is 19.4. The first-order valence-corrected chi connectivity index (χ1v) is 5.38. The van der Waals surface area contributed by atoms with Gasteiger partial charge in [-0.25, -0.2) is 0 Å². The average molecular weight is 231 g/mol. The maximum absolute atomic E-state index is 11.5. The lowest BCUT2D eigenvalue weighted by atomic mass is 10.0. The molecule has 1 aromatic carbocycles. The fourth-order valence-electron chi connectivity index (χ4n) is 1.93. The summed E-state index contributed by atoms with van der Waals surface area (Å²) in [5.74, 6) is -1.04. The molecule has 0 saturated carbocycles.